The maximum Gasteiger partial charge on any atom is 0.244 e. The molecule has 7 nitrogen and oxygen atoms in total. The smallest absolute Gasteiger partial charge is 0.244 e. The van der Waals surface area contributed by atoms with E-state index >= 15 is 0 Å². The second-order valence-electron chi connectivity index (χ2n) is 9.67. The summed E-state index contributed by atoms with van der Waals surface area (Å²) in [7, 11) is -3.90. The Bertz CT molecular complexity index is 1420. The summed E-state index contributed by atoms with van der Waals surface area (Å²) in [5, 5.41) is 3.40. The second-order valence-corrected chi connectivity index (χ2v) is 12.4. The van der Waals surface area contributed by atoms with Crippen LogP contribution in [0.25, 0.3) is 0 Å². The molecule has 0 bridgehead atoms. The van der Waals surface area contributed by atoms with Gasteiger partial charge in [0.05, 0.1) is 22.0 Å². The van der Waals surface area contributed by atoms with Gasteiger partial charge >= 0.3 is 0 Å². The highest BCUT2D eigenvalue weighted by Crippen LogP contribution is 2.29. The zero-order chi connectivity index (χ0) is 29.3. The number of carbonyl (C=O) groups excluding carboxylic acids is 2. The van der Waals surface area contributed by atoms with E-state index in [0.29, 0.717) is 6.54 Å². The van der Waals surface area contributed by atoms with Crippen molar-refractivity contribution in [1.29, 1.82) is 0 Å². The zero-order valence-corrected chi connectivity index (χ0v) is 25.3. The molecule has 3 aromatic carbocycles. The van der Waals surface area contributed by atoms with Gasteiger partial charge in [-0.15, -0.1) is 0 Å². The quantitative estimate of drug-likeness (QED) is 0.257. The SMILES string of the molecule is CCCCNC(=O)[C@@H](Cc1ccccc1)N(Cc1ccccc1C)C(=O)CN(c1ccc(Cl)c(Cl)c1)S(C)(=O)=O. The number of halogens is 2. The highest BCUT2D eigenvalue weighted by Gasteiger charge is 2.33. The maximum absolute atomic E-state index is 14.1. The normalized spacial score (nSPS) is 12.0. The van der Waals surface area contributed by atoms with Crippen LogP contribution in [0.15, 0.2) is 72.8 Å². The molecule has 0 aromatic heterocycles. The van der Waals surface area contributed by atoms with E-state index < -0.39 is 28.5 Å². The van der Waals surface area contributed by atoms with Crippen molar-refractivity contribution >= 4 is 50.7 Å². The summed E-state index contributed by atoms with van der Waals surface area (Å²) in [6.45, 7) is 4.06. The Balaban J connectivity index is 2.05. The van der Waals surface area contributed by atoms with E-state index in [0.717, 1.165) is 40.1 Å². The predicted octanol–water partition coefficient (Wildman–Crippen LogP) is 5.62. The van der Waals surface area contributed by atoms with E-state index in [9.17, 15) is 18.0 Å². The lowest BCUT2D eigenvalue weighted by atomic mass is 10.0. The van der Waals surface area contributed by atoms with Crippen LogP contribution in [0.2, 0.25) is 10.0 Å². The van der Waals surface area contributed by atoms with Crippen molar-refractivity contribution in [1.82, 2.24) is 10.2 Å². The van der Waals surface area contributed by atoms with Gasteiger partial charge in [-0.25, -0.2) is 8.42 Å². The van der Waals surface area contributed by atoms with Crippen molar-refractivity contribution in [2.75, 3.05) is 23.7 Å². The summed E-state index contributed by atoms with van der Waals surface area (Å²) in [4.78, 5) is 29.2. The first-order valence-electron chi connectivity index (χ1n) is 13.1. The van der Waals surface area contributed by atoms with Crippen LogP contribution in [0.5, 0.6) is 0 Å². The Labute approximate surface area is 247 Å². The summed E-state index contributed by atoms with van der Waals surface area (Å²) in [5.41, 5.74) is 2.89. The fourth-order valence-corrected chi connectivity index (χ4v) is 5.42. The number of carbonyl (C=O) groups is 2. The number of benzene rings is 3. The van der Waals surface area contributed by atoms with Crippen LogP contribution < -0.4 is 9.62 Å². The molecule has 2 amide bonds. The third-order valence-electron chi connectivity index (χ3n) is 6.57. The number of nitrogens with one attached hydrogen (secondary N) is 1. The van der Waals surface area contributed by atoms with Crippen LogP contribution in [0.3, 0.4) is 0 Å². The molecule has 0 saturated carbocycles. The van der Waals surface area contributed by atoms with Gasteiger partial charge in [-0.05, 0) is 48.2 Å². The minimum Gasteiger partial charge on any atom is -0.354 e. The fraction of sp³-hybridized carbons (Fsp3) is 0.333. The molecule has 0 aliphatic rings. The van der Waals surface area contributed by atoms with Gasteiger partial charge in [0.25, 0.3) is 0 Å². The van der Waals surface area contributed by atoms with E-state index in [-0.39, 0.29) is 34.6 Å². The molecule has 3 aromatic rings. The summed E-state index contributed by atoms with van der Waals surface area (Å²) < 4.78 is 26.7. The predicted molar refractivity (Wildman–Crippen MR) is 162 cm³/mol. The van der Waals surface area contributed by atoms with Crippen LogP contribution in [-0.2, 0) is 32.6 Å². The molecule has 0 aliphatic heterocycles. The monoisotopic (exact) mass is 603 g/mol. The molecule has 0 fully saturated rings. The molecule has 214 valence electrons. The lowest BCUT2D eigenvalue weighted by molar-refractivity contribution is -0.140. The Kier molecular flexibility index (Phi) is 11.4. The minimum absolute atomic E-state index is 0.128. The summed E-state index contributed by atoms with van der Waals surface area (Å²) in [5.74, 6) is -0.814. The van der Waals surface area contributed by atoms with Gasteiger partial charge in [0.15, 0.2) is 0 Å². The van der Waals surface area contributed by atoms with Gasteiger partial charge in [-0.1, -0.05) is 91.1 Å². The average molecular weight is 605 g/mol. The van der Waals surface area contributed by atoms with Gasteiger partial charge in [0, 0.05) is 19.5 Å². The Hall–Kier alpha value is -3.07. The summed E-state index contributed by atoms with van der Waals surface area (Å²) >= 11 is 12.2. The minimum atomic E-state index is -3.90. The number of hydrogen-bond acceptors (Lipinski definition) is 4. The number of unbranched alkanes of at least 4 members (excludes halogenated alkanes) is 1. The number of anilines is 1. The highest BCUT2D eigenvalue weighted by molar-refractivity contribution is 7.92. The van der Waals surface area contributed by atoms with Crippen molar-refractivity contribution in [3.63, 3.8) is 0 Å². The third-order valence-corrected chi connectivity index (χ3v) is 8.45. The molecular formula is C30H35Cl2N3O4S. The van der Waals surface area contributed by atoms with E-state index in [1.54, 1.807) is 0 Å². The first-order chi connectivity index (χ1) is 19.0. The molecule has 10 heteroatoms. The molecular weight excluding hydrogens is 569 g/mol. The molecule has 0 unspecified atom stereocenters. The molecule has 0 saturated heterocycles. The van der Waals surface area contributed by atoms with E-state index in [1.165, 1.54) is 23.1 Å². The van der Waals surface area contributed by atoms with Crippen molar-refractivity contribution in [3.8, 4) is 0 Å². The molecule has 1 atom stereocenters. The maximum atomic E-state index is 14.1. The van der Waals surface area contributed by atoms with Crippen molar-refractivity contribution in [2.45, 2.75) is 45.7 Å². The Morgan fingerprint density at radius 2 is 1.62 bits per heavy atom. The van der Waals surface area contributed by atoms with Gasteiger partial charge < -0.3 is 10.2 Å². The van der Waals surface area contributed by atoms with Gasteiger partial charge in [-0.3, -0.25) is 13.9 Å². The molecule has 0 aliphatic carbocycles. The molecule has 1 N–H and O–H groups in total. The number of aryl methyl sites for hydroxylation is 1. The number of amides is 2. The Morgan fingerprint density at radius 1 is 0.950 bits per heavy atom. The number of nitrogens with zero attached hydrogens (tertiary/aromatic N) is 2. The average Bonchev–Trinajstić information content (AvgIpc) is 2.91. The third kappa shape index (κ3) is 8.71. The largest absolute Gasteiger partial charge is 0.354 e. The van der Waals surface area contributed by atoms with Crippen LogP contribution in [-0.4, -0.2) is 50.5 Å². The van der Waals surface area contributed by atoms with Crippen molar-refractivity contribution in [2.24, 2.45) is 0 Å². The van der Waals surface area contributed by atoms with Crippen molar-refractivity contribution in [3.05, 3.63) is 99.5 Å². The zero-order valence-electron chi connectivity index (χ0n) is 22.9. The molecule has 0 heterocycles. The van der Waals surface area contributed by atoms with Gasteiger partial charge in [0.2, 0.25) is 21.8 Å². The molecule has 0 spiro atoms. The first kappa shape index (κ1) is 31.5. The van der Waals surface area contributed by atoms with Gasteiger partial charge in [-0.2, -0.15) is 0 Å². The van der Waals surface area contributed by atoms with E-state index in [2.05, 4.69) is 5.32 Å². The van der Waals surface area contributed by atoms with E-state index in [4.69, 9.17) is 23.2 Å². The fourth-order valence-electron chi connectivity index (χ4n) is 4.29. The number of rotatable bonds is 13. The standard InChI is InChI=1S/C30H35Cl2N3O4S/c1-4-5-17-33-30(37)28(18-23-12-7-6-8-13-23)34(20-24-14-10-9-11-22(24)2)29(36)21-35(40(3,38)39)25-15-16-26(31)27(32)19-25/h6-16,19,28H,4-5,17-18,20-21H2,1-3H3,(H,33,37)/t28-/m1/s1. The molecule has 40 heavy (non-hydrogen) atoms. The lowest BCUT2D eigenvalue weighted by Crippen LogP contribution is -2.53. The van der Waals surface area contributed by atoms with Crippen LogP contribution >= 0.6 is 23.2 Å². The van der Waals surface area contributed by atoms with Crippen LogP contribution in [0, 0.1) is 6.92 Å². The van der Waals surface area contributed by atoms with Crippen molar-refractivity contribution < 1.29 is 18.0 Å². The second kappa shape index (κ2) is 14.5. The number of sulfonamides is 1. The Morgan fingerprint density at radius 3 is 2.25 bits per heavy atom. The highest BCUT2D eigenvalue weighted by atomic mass is 35.5. The molecule has 3 rings (SSSR count). The summed E-state index contributed by atoms with van der Waals surface area (Å²) in [6.07, 6.45) is 2.99. The first-order valence-corrected chi connectivity index (χ1v) is 15.7. The molecule has 0 radical (unpaired) electrons. The summed E-state index contributed by atoms with van der Waals surface area (Å²) in [6, 6.07) is 20.6. The lowest BCUT2D eigenvalue weighted by Gasteiger charge is -2.34. The number of hydrogen-bond donors (Lipinski definition) is 1. The topological polar surface area (TPSA) is 86.8 Å². The van der Waals surface area contributed by atoms with Crippen LogP contribution in [0.1, 0.15) is 36.5 Å². The van der Waals surface area contributed by atoms with Crippen LogP contribution in [0.4, 0.5) is 5.69 Å². The van der Waals surface area contributed by atoms with E-state index in [1.807, 2.05) is 68.4 Å². The van der Waals surface area contributed by atoms with Gasteiger partial charge in [0.1, 0.15) is 12.6 Å².